The molecule has 0 aliphatic rings. The molecule has 4 rings (SSSR count). The molecule has 158 valence electrons. The van der Waals surface area contributed by atoms with Gasteiger partial charge in [0.1, 0.15) is 0 Å². The molecule has 7 heteroatoms. The zero-order valence-electron chi connectivity index (χ0n) is 17.6. The van der Waals surface area contributed by atoms with Gasteiger partial charge in [0.15, 0.2) is 5.13 Å². The second-order valence-electron chi connectivity index (χ2n) is 7.48. The van der Waals surface area contributed by atoms with Crippen LogP contribution >= 0.6 is 11.3 Å². The summed E-state index contributed by atoms with van der Waals surface area (Å²) in [5.41, 5.74) is 3.58. The zero-order chi connectivity index (χ0) is 21.8. The summed E-state index contributed by atoms with van der Waals surface area (Å²) >= 11 is 1.39. The van der Waals surface area contributed by atoms with Crippen LogP contribution in [0.4, 0.5) is 5.13 Å². The Balaban J connectivity index is 1.47. The highest BCUT2D eigenvalue weighted by molar-refractivity contribution is 7.14. The molecule has 0 aliphatic carbocycles. The van der Waals surface area contributed by atoms with Crippen LogP contribution in [-0.2, 0) is 24.7 Å². The summed E-state index contributed by atoms with van der Waals surface area (Å²) in [6, 6.07) is 15.6. The van der Waals surface area contributed by atoms with E-state index in [-0.39, 0.29) is 17.9 Å². The van der Waals surface area contributed by atoms with Crippen molar-refractivity contribution in [3.63, 3.8) is 0 Å². The van der Waals surface area contributed by atoms with E-state index in [1.807, 2.05) is 17.5 Å². The number of anilines is 1. The van der Waals surface area contributed by atoms with Crippen molar-refractivity contribution in [1.29, 1.82) is 0 Å². The van der Waals surface area contributed by atoms with E-state index in [1.165, 1.54) is 34.4 Å². The van der Waals surface area contributed by atoms with E-state index in [0.717, 1.165) is 17.7 Å². The predicted octanol–water partition coefficient (Wildman–Crippen LogP) is 4.58. The van der Waals surface area contributed by atoms with Crippen molar-refractivity contribution in [2.75, 3.05) is 5.32 Å². The summed E-state index contributed by atoms with van der Waals surface area (Å²) in [6.45, 7) is 2.19. The Morgan fingerprint density at radius 2 is 1.84 bits per heavy atom. The SMILES string of the molecule is CCCCc1ccc(-c2csc(NC(=O)Cc3nn(C)c(=O)c4ccccc34)n2)cc1. The Morgan fingerprint density at radius 3 is 2.58 bits per heavy atom. The van der Waals surface area contributed by atoms with Crippen LogP contribution in [0.2, 0.25) is 0 Å². The van der Waals surface area contributed by atoms with Gasteiger partial charge in [-0.1, -0.05) is 55.8 Å². The fraction of sp³-hybridized carbons (Fsp3) is 0.250. The molecule has 0 bridgehead atoms. The summed E-state index contributed by atoms with van der Waals surface area (Å²) in [7, 11) is 1.59. The number of aromatic nitrogens is 3. The van der Waals surface area contributed by atoms with Gasteiger partial charge in [0.2, 0.25) is 5.91 Å². The van der Waals surface area contributed by atoms with E-state index >= 15 is 0 Å². The highest BCUT2D eigenvalue weighted by Gasteiger charge is 2.14. The van der Waals surface area contributed by atoms with E-state index in [1.54, 1.807) is 19.2 Å². The van der Waals surface area contributed by atoms with E-state index < -0.39 is 0 Å². The number of nitrogens with one attached hydrogen (secondary N) is 1. The lowest BCUT2D eigenvalue weighted by molar-refractivity contribution is -0.115. The molecule has 1 amide bonds. The number of amides is 1. The third-order valence-corrected chi connectivity index (χ3v) is 5.94. The maximum atomic E-state index is 12.6. The predicted molar refractivity (Wildman–Crippen MR) is 125 cm³/mol. The Bertz CT molecular complexity index is 1270. The second kappa shape index (κ2) is 9.22. The fourth-order valence-corrected chi connectivity index (χ4v) is 4.24. The second-order valence-corrected chi connectivity index (χ2v) is 8.34. The molecule has 0 unspecified atom stereocenters. The van der Waals surface area contributed by atoms with Gasteiger partial charge in [-0.15, -0.1) is 11.3 Å². The molecule has 0 aliphatic heterocycles. The van der Waals surface area contributed by atoms with Crippen molar-refractivity contribution in [3.05, 3.63) is 75.5 Å². The molecule has 2 aromatic heterocycles. The Labute approximate surface area is 184 Å². The largest absolute Gasteiger partial charge is 0.302 e. The minimum absolute atomic E-state index is 0.0652. The van der Waals surface area contributed by atoms with Crippen LogP contribution in [0.3, 0.4) is 0 Å². The van der Waals surface area contributed by atoms with Gasteiger partial charge in [0.25, 0.3) is 5.56 Å². The van der Waals surface area contributed by atoms with E-state index in [2.05, 4.69) is 46.6 Å². The van der Waals surface area contributed by atoms with Crippen LogP contribution < -0.4 is 10.9 Å². The number of nitrogens with zero attached hydrogens (tertiary/aromatic N) is 3. The van der Waals surface area contributed by atoms with Crippen LogP contribution in [0.1, 0.15) is 31.0 Å². The van der Waals surface area contributed by atoms with Gasteiger partial charge >= 0.3 is 0 Å². The molecule has 6 nitrogen and oxygen atoms in total. The Hall–Kier alpha value is -3.32. The van der Waals surface area contributed by atoms with Crippen LogP contribution in [-0.4, -0.2) is 20.7 Å². The first-order valence-electron chi connectivity index (χ1n) is 10.3. The molecule has 4 aromatic rings. The molecule has 31 heavy (non-hydrogen) atoms. The summed E-state index contributed by atoms with van der Waals surface area (Å²) in [5.74, 6) is -0.216. The molecule has 2 heterocycles. The molecule has 0 radical (unpaired) electrons. The Morgan fingerprint density at radius 1 is 1.10 bits per heavy atom. The smallest absolute Gasteiger partial charge is 0.274 e. The molecular weight excluding hydrogens is 408 g/mol. The third kappa shape index (κ3) is 4.72. The lowest BCUT2D eigenvalue weighted by Crippen LogP contribution is -2.24. The number of hydrogen-bond acceptors (Lipinski definition) is 5. The molecule has 0 saturated heterocycles. The number of benzene rings is 2. The number of carbonyl (C=O) groups is 1. The summed E-state index contributed by atoms with van der Waals surface area (Å²) in [4.78, 5) is 29.5. The number of hydrogen-bond donors (Lipinski definition) is 1. The molecular formula is C24H24N4O2S. The first kappa shape index (κ1) is 20.9. The summed E-state index contributed by atoms with van der Waals surface area (Å²) in [6.07, 6.45) is 3.52. The first-order valence-corrected chi connectivity index (χ1v) is 11.2. The number of rotatable bonds is 7. The highest BCUT2D eigenvalue weighted by atomic mass is 32.1. The summed E-state index contributed by atoms with van der Waals surface area (Å²) in [5, 5.41) is 10.9. The quantitative estimate of drug-likeness (QED) is 0.464. The first-order chi connectivity index (χ1) is 15.0. The maximum Gasteiger partial charge on any atom is 0.274 e. The molecule has 0 atom stereocenters. The third-order valence-electron chi connectivity index (χ3n) is 5.18. The average molecular weight is 433 g/mol. The lowest BCUT2D eigenvalue weighted by atomic mass is 10.1. The van der Waals surface area contributed by atoms with Gasteiger partial charge in [-0.25, -0.2) is 9.67 Å². The van der Waals surface area contributed by atoms with Gasteiger partial charge < -0.3 is 5.32 Å². The van der Waals surface area contributed by atoms with Crippen molar-refractivity contribution < 1.29 is 4.79 Å². The standard InChI is InChI=1S/C24H24N4O2S/c1-3-4-7-16-10-12-17(13-11-16)21-15-31-24(25-21)26-22(29)14-20-18-8-5-6-9-19(18)23(30)28(2)27-20/h5-6,8-13,15H,3-4,7,14H2,1-2H3,(H,25,26,29). The van der Waals surface area contributed by atoms with E-state index in [9.17, 15) is 9.59 Å². The summed E-state index contributed by atoms with van der Waals surface area (Å²) < 4.78 is 1.27. The number of aryl methyl sites for hydroxylation is 2. The number of carbonyl (C=O) groups excluding carboxylic acids is 1. The minimum atomic E-state index is -0.216. The van der Waals surface area contributed by atoms with Gasteiger partial charge in [-0.2, -0.15) is 5.10 Å². The van der Waals surface area contributed by atoms with Crippen LogP contribution in [0.25, 0.3) is 22.0 Å². The number of unbranched alkanes of at least 4 members (excludes halogenated alkanes) is 1. The van der Waals surface area contributed by atoms with Crippen molar-refractivity contribution in [2.45, 2.75) is 32.6 Å². The number of thiazole rings is 1. The zero-order valence-corrected chi connectivity index (χ0v) is 18.4. The van der Waals surface area contributed by atoms with Gasteiger partial charge in [-0.3, -0.25) is 9.59 Å². The lowest BCUT2D eigenvalue weighted by Gasteiger charge is -2.07. The van der Waals surface area contributed by atoms with Crippen LogP contribution in [0.15, 0.2) is 58.7 Å². The number of fused-ring (bicyclic) bond motifs is 1. The molecule has 2 aromatic carbocycles. The van der Waals surface area contributed by atoms with Crippen molar-refractivity contribution in [1.82, 2.24) is 14.8 Å². The maximum absolute atomic E-state index is 12.6. The van der Waals surface area contributed by atoms with E-state index in [4.69, 9.17) is 0 Å². The fourth-order valence-electron chi connectivity index (χ4n) is 3.51. The van der Waals surface area contributed by atoms with E-state index in [0.29, 0.717) is 21.6 Å². The minimum Gasteiger partial charge on any atom is -0.302 e. The highest BCUT2D eigenvalue weighted by Crippen LogP contribution is 2.25. The van der Waals surface area contributed by atoms with Crippen molar-refractivity contribution in [2.24, 2.45) is 7.05 Å². The van der Waals surface area contributed by atoms with Gasteiger partial charge in [-0.05, 0) is 24.5 Å². The normalized spacial score (nSPS) is 11.0. The monoisotopic (exact) mass is 432 g/mol. The molecule has 1 N–H and O–H groups in total. The topological polar surface area (TPSA) is 76.9 Å². The van der Waals surface area contributed by atoms with Crippen LogP contribution in [0, 0.1) is 0 Å². The van der Waals surface area contributed by atoms with Gasteiger partial charge in [0.05, 0.1) is 23.2 Å². The molecule has 0 saturated carbocycles. The van der Waals surface area contributed by atoms with Gasteiger partial charge in [0, 0.05) is 23.4 Å². The Kier molecular flexibility index (Phi) is 6.23. The average Bonchev–Trinajstić information content (AvgIpc) is 3.24. The molecule has 0 fully saturated rings. The van der Waals surface area contributed by atoms with Crippen molar-refractivity contribution in [3.8, 4) is 11.3 Å². The van der Waals surface area contributed by atoms with Crippen molar-refractivity contribution >= 4 is 33.1 Å². The molecule has 0 spiro atoms. The van der Waals surface area contributed by atoms with Crippen LogP contribution in [0.5, 0.6) is 0 Å².